The zero-order valence-corrected chi connectivity index (χ0v) is 24.7. The molecule has 224 valence electrons. The van der Waals surface area contributed by atoms with Gasteiger partial charge >= 0.3 is 209 Å². The number of aryl methyl sites for hydroxylation is 1. The van der Waals surface area contributed by atoms with Crippen LogP contribution in [-0.2, 0) is 27.1 Å². The minimum absolute atomic E-state index is 0.0103. The number of carboxylic acid groups (broad SMARTS) is 1. The molecule has 0 bridgehead atoms. The summed E-state index contributed by atoms with van der Waals surface area (Å²) in [6.07, 6.45) is -1.92. The Balaban J connectivity index is 1.19. The Labute approximate surface area is 249 Å². The summed E-state index contributed by atoms with van der Waals surface area (Å²) in [4.78, 5) is 11.4. The van der Waals surface area contributed by atoms with Crippen molar-refractivity contribution < 1.29 is 68.0 Å². The summed E-state index contributed by atoms with van der Waals surface area (Å²) in [6, 6.07) is 6.40. The third kappa shape index (κ3) is 5.70. The fourth-order valence-corrected chi connectivity index (χ4v) is 8.01. The van der Waals surface area contributed by atoms with Gasteiger partial charge in [0.05, 0.1) is 19.8 Å². The van der Waals surface area contributed by atoms with Gasteiger partial charge in [0.15, 0.2) is 0 Å². The molecular formula is C31H28F4IO6-. The van der Waals surface area contributed by atoms with Crippen molar-refractivity contribution in [3.63, 3.8) is 0 Å². The van der Waals surface area contributed by atoms with Crippen molar-refractivity contribution in [3.8, 4) is 16.9 Å². The van der Waals surface area contributed by atoms with Gasteiger partial charge in [-0.25, -0.2) is 0 Å². The van der Waals surface area contributed by atoms with Crippen LogP contribution in [0.25, 0.3) is 11.1 Å². The molecule has 2 aliphatic heterocycles. The molecule has 11 heteroatoms. The molecule has 1 saturated heterocycles. The van der Waals surface area contributed by atoms with Crippen molar-refractivity contribution in [2.45, 2.75) is 38.1 Å². The van der Waals surface area contributed by atoms with Gasteiger partial charge in [0.2, 0.25) is 0 Å². The van der Waals surface area contributed by atoms with Gasteiger partial charge in [0.1, 0.15) is 5.60 Å². The Bertz CT molecular complexity index is 1520. The number of allylic oxidation sites excluding steroid dienone is 3. The van der Waals surface area contributed by atoms with Crippen LogP contribution in [0.3, 0.4) is 0 Å². The molecule has 2 aliphatic carbocycles. The maximum absolute atomic E-state index is 15.0. The van der Waals surface area contributed by atoms with Gasteiger partial charge in [-0.1, -0.05) is 0 Å². The molecule has 2 aromatic rings. The van der Waals surface area contributed by atoms with Crippen molar-refractivity contribution in [1.29, 1.82) is 0 Å². The summed E-state index contributed by atoms with van der Waals surface area (Å²) < 4.78 is 77.7. The molecule has 2 N–H and O–H groups in total. The predicted octanol–water partition coefficient (Wildman–Crippen LogP) is 2.97. The molecule has 3 fully saturated rings. The second-order valence-corrected chi connectivity index (χ2v) is 13.2. The molecule has 3 atom stereocenters. The first-order valence-electron chi connectivity index (χ1n) is 13.5. The Morgan fingerprint density at radius 2 is 1.93 bits per heavy atom. The Kier molecular flexibility index (Phi) is 7.63. The van der Waals surface area contributed by atoms with Crippen LogP contribution in [-0.4, -0.2) is 41.6 Å². The number of hydrogen-bond donors (Lipinski definition) is 2. The van der Waals surface area contributed by atoms with Crippen LogP contribution in [0.5, 0.6) is 5.75 Å². The molecule has 6 rings (SSSR count). The van der Waals surface area contributed by atoms with Crippen molar-refractivity contribution in [2.24, 2.45) is 17.8 Å². The molecule has 4 aliphatic rings. The molecule has 2 aromatic carbocycles. The SMILES string of the molecule is Cc1cc(OCCC2(O)COC2)ccc1-c1cc(COC2=C[I-]C=C3C(=C2)C[C@H]2[C@H](C(=O)O)[C@@H]32)c(F)cc1C(F)(F)F. The standard InChI is InChI=1S/C31H28F4IO6/c1-16-6-19(41-5-4-30(39)14-40-15-30)2-3-21(16)22-9-18(26(32)10-25(22)31(33,34)35)13-42-20-7-17-8-23-27(28(23)29(37)38)24(17)12-36-11-20/h2-3,6-7,9-12,23,27-28,39H,4-5,8,13-15H2,1H3,(H,37,38)/q-1/t23-,27-,28+/m1/s1. The topological polar surface area (TPSA) is 85.2 Å². The van der Waals surface area contributed by atoms with Gasteiger partial charge in [0.25, 0.3) is 0 Å². The predicted molar refractivity (Wildman–Crippen MR) is 139 cm³/mol. The first-order valence-corrected chi connectivity index (χ1v) is 15.9. The van der Waals surface area contributed by atoms with Crippen LogP contribution in [0.1, 0.15) is 29.5 Å². The van der Waals surface area contributed by atoms with Gasteiger partial charge < -0.3 is 9.84 Å². The van der Waals surface area contributed by atoms with Crippen LogP contribution in [0, 0.1) is 30.5 Å². The average Bonchev–Trinajstić information content (AvgIpc) is 3.57. The van der Waals surface area contributed by atoms with E-state index < -0.39 is 50.3 Å². The fourth-order valence-electron chi connectivity index (χ4n) is 5.91. The summed E-state index contributed by atoms with van der Waals surface area (Å²) in [5.74, 6) is -1.01. The minimum atomic E-state index is -4.78. The van der Waals surface area contributed by atoms with E-state index in [0.717, 1.165) is 11.1 Å². The molecule has 0 amide bonds. The number of alkyl halides is 3. The number of ether oxygens (including phenoxy) is 3. The molecule has 0 aromatic heterocycles. The van der Waals surface area contributed by atoms with E-state index in [-0.39, 0.29) is 60.9 Å². The monoisotopic (exact) mass is 699 g/mol. The zero-order valence-electron chi connectivity index (χ0n) is 22.5. The van der Waals surface area contributed by atoms with E-state index in [1.807, 2.05) is 10.2 Å². The van der Waals surface area contributed by atoms with E-state index in [9.17, 15) is 28.2 Å². The number of aliphatic carboxylic acids is 1. The number of rotatable bonds is 9. The van der Waals surface area contributed by atoms with Crippen molar-refractivity contribution in [2.75, 3.05) is 19.8 Å². The average molecular weight is 699 g/mol. The van der Waals surface area contributed by atoms with E-state index in [0.29, 0.717) is 36.0 Å². The Morgan fingerprint density at radius 3 is 2.60 bits per heavy atom. The van der Waals surface area contributed by atoms with Crippen molar-refractivity contribution in [3.05, 3.63) is 84.0 Å². The van der Waals surface area contributed by atoms with Gasteiger partial charge in [-0.05, 0) is 0 Å². The number of fused-ring (bicyclic) bond motifs is 3. The summed E-state index contributed by atoms with van der Waals surface area (Å²) >= 11 is -0.567. The molecule has 0 unspecified atom stereocenters. The van der Waals surface area contributed by atoms with Crippen molar-refractivity contribution in [1.82, 2.24) is 0 Å². The third-order valence-electron chi connectivity index (χ3n) is 8.26. The molecule has 42 heavy (non-hydrogen) atoms. The summed E-state index contributed by atoms with van der Waals surface area (Å²) in [7, 11) is 0. The summed E-state index contributed by atoms with van der Waals surface area (Å²) in [5.41, 5.74) is 0.726. The second kappa shape index (κ2) is 11.0. The quantitative estimate of drug-likeness (QED) is 0.310. The maximum atomic E-state index is 15.0. The van der Waals surface area contributed by atoms with E-state index in [4.69, 9.17) is 14.2 Å². The first kappa shape index (κ1) is 29.2. The van der Waals surface area contributed by atoms with Gasteiger partial charge in [-0.3, -0.25) is 0 Å². The molecule has 0 spiro atoms. The van der Waals surface area contributed by atoms with Gasteiger partial charge in [-0.2, -0.15) is 0 Å². The zero-order chi connectivity index (χ0) is 29.8. The second-order valence-electron chi connectivity index (χ2n) is 11.2. The summed E-state index contributed by atoms with van der Waals surface area (Å²) in [5, 5.41) is 19.5. The van der Waals surface area contributed by atoms with Gasteiger partial charge in [0, 0.05) is 6.42 Å². The van der Waals surface area contributed by atoms with Crippen molar-refractivity contribution >= 4 is 5.97 Å². The Morgan fingerprint density at radius 1 is 1.14 bits per heavy atom. The van der Waals surface area contributed by atoms with Crippen LogP contribution in [0.15, 0.2) is 61.5 Å². The number of carboxylic acids is 1. The number of hydrogen-bond acceptors (Lipinski definition) is 5. The first-order chi connectivity index (χ1) is 19.9. The number of halogens is 5. The molecule has 0 radical (unpaired) electrons. The Hall–Kier alpha value is -2.90. The van der Waals surface area contributed by atoms with E-state index in [1.54, 1.807) is 19.1 Å². The molecule has 2 heterocycles. The van der Waals surface area contributed by atoms with Crippen LogP contribution >= 0.6 is 0 Å². The van der Waals surface area contributed by atoms with E-state index >= 15 is 4.39 Å². The number of carbonyl (C=O) groups is 1. The third-order valence-corrected chi connectivity index (χ3v) is 10.3. The van der Waals surface area contributed by atoms with Gasteiger partial charge in [-0.15, -0.1) is 0 Å². The number of aliphatic hydroxyl groups is 1. The van der Waals surface area contributed by atoms with Crippen LogP contribution < -0.4 is 25.9 Å². The van der Waals surface area contributed by atoms with Crippen LogP contribution in [0.4, 0.5) is 17.6 Å². The van der Waals surface area contributed by atoms with Crippen LogP contribution in [0.2, 0.25) is 0 Å². The van der Waals surface area contributed by atoms with E-state index in [1.165, 1.54) is 12.1 Å². The fraction of sp³-hybridized carbons (Fsp3) is 0.387. The molecular weight excluding hydrogens is 671 g/mol. The number of benzene rings is 2. The molecule has 2 saturated carbocycles. The molecule has 6 nitrogen and oxygen atoms in total. The summed E-state index contributed by atoms with van der Waals surface area (Å²) in [6.45, 7) is 2.11. The van der Waals surface area contributed by atoms with E-state index in [2.05, 4.69) is 4.08 Å². The normalized spacial score (nSPS) is 24.0.